The Morgan fingerprint density at radius 2 is 1.44 bits per heavy atom. The van der Waals surface area contributed by atoms with Gasteiger partial charge in [0.15, 0.2) is 0 Å². The molecule has 0 saturated carbocycles. The molecule has 0 bridgehead atoms. The SMILES string of the molecule is C[C@H]1CCCC(=O)CCCC=Cc2cc(OC(=O)c3ccccc3)cc(OC(=O)c3ccccc3)c2C(=O)O1. The van der Waals surface area contributed by atoms with E-state index in [0.717, 1.165) is 0 Å². The van der Waals surface area contributed by atoms with E-state index in [0.29, 0.717) is 55.2 Å². The number of ketones is 1. The largest absolute Gasteiger partial charge is 0.459 e. The monoisotopic (exact) mass is 526 g/mol. The van der Waals surface area contributed by atoms with Crippen LogP contribution in [0, 0.1) is 0 Å². The van der Waals surface area contributed by atoms with E-state index in [1.165, 1.54) is 12.1 Å². The predicted octanol–water partition coefficient (Wildman–Crippen LogP) is 6.61. The smallest absolute Gasteiger partial charge is 0.343 e. The molecule has 0 amide bonds. The average Bonchev–Trinajstić information content (AvgIpc) is 2.93. The first-order valence-electron chi connectivity index (χ1n) is 13.0. The van der Waals surface area contributed by atoms with E-state index < -0.39 is 24.0 Å². The number of fused-ring (bicyclic) bond motifs is 1. The third-order valence-corrected chi connectivity index (χ3v) is 6.24. The highest BCUT2D eigenvalue weighted by atomic mass is 16.6. The summed E-state index contributed by atoms with van der Waals surface area (Å²) >= 11 is 0. The van der Waals surface area contributed by atoms with E-state index in [4.69, 9.17) is 14.2 Å². The van der Waals surface area contributed by atoms with Crippen LogP contribution in [-0.4, -0.2) is 29.8 Å². The zero-order valence-corrected chi connectivity index (χ0v) is 21.8. The maximum absolute atomic E-state index is 13.4. The van der Waals surface area contributed by atoms with Crippen LogP contribution in [0.2, 0.25) is 0 Å². The number of hydrogen-bond acceptors (Lipinski definition) is 7. The molecule has 7 nitrogen and oxygen atoms in total. The number of esters is 3. The molecule has 0 saturated heterocycles. The van der Waals surface area contributed by atoms with Gasteiger partial charge < -0.3 is 14.2 Å². The summed E-state index contributed by atoms with van der Waals surface area (Å²) in [4.78, 5) is 51.3. The van der Waals surface area contributed by atoms with E-state index in [2.05, 4.69) is 0 Å². The van der Waals surface area contributed by atoms with Gasteiger partial charge in [0.05, 0.1) is 17.2 Å². The number of rotatable bonds is 4. The molecule has 0 N–H and O–H groups in total. The van der Waals surface area contributed by atoms with Gasteiger partial charge in [0, 0.05) is 18.9 Å². The standard InChI is InChI=1S/C32H30O7/c1-22-12-11-19-26(33)18-10-4-9-17-25-20-27(38-30(34)23-13-5-2-6-14-23)21-28(29(25)32(36)37-22)39-31(35)24-15-7-3-8-16-24/h2-3,5-9,13-17,20-22H,4,10-12,18-19H2,1H3/t22-/m0/s1. The van der Waals surface area contributed by atoms with Gasteiger partial charge in [0.1, 0.15) is 22.8 Å². The molecule has 0 aromatic heterocycles. The summed E-state index contributed by atoms with van der Waals surface area (Å²) in [5.74, 6) is -1.75. The lowest BCUT2D eigenvalue weighted by atomic mass is 10.0. The summed E-state index contributed by atoms with van der Waals surface area (Å²) in [5.41, 5.74) is 1.05. The van der Waals surface area contributed by atoms with Crippen LogP contribution in [0.1, 0.15) is 82.1 Å². The molecule has 0 spiro atoms. The minimum absolute atomic E-state index is 0.0510. The van der Waals surface area contributed by atoms with Crippen molar-refractivity contribution in [2.75, 3.05) is 0 Å². The fourth-order valence-electron chi connectivity index (χ4n) is 4.21. The number of benzene rings is 3. The first-order chi connectivity index (χ1) is 18.9. The van der Waals surface area contributed by atoms with Crippen LogP contribution in [0.4, 0.5) is 0 Å². The molecule has 0 unspecified atom stereocenters. The Balaban J connectivity index is 1.76. The molecular formula is C32H30O7. The molecule has 1 aliphatic rings. The van der Waals surface area contributed by atoms with Gasteiger partial charge >= 0.3 is 17.9 Å². The summed E-state index contributed by atoms with van der Waals surface area (Å²) in [7, 11) is 0. The Morgan fingerprint density at radius 1 is 0.821 bits per heavy atom. The van der Waals surface area contributed by atoms with E-state index in [9.17, 15) is 19.2 Å². The van der Waals surface area contributed by atoms with Crippen molar-refractivity contribution in [2.24, 2.45) is 0 Å². The second kappa shape index (κ2) is 13.3. The number of hydrogen-bond donors (Lipinski definition) is 0. The zero-order valence-electron chi connectivity index (χ0n) is 21.8. The molecule has 39 heavy (non-hydrogen) atoms. The Morgan fingerprint density at radius 3 is 2.10 bits per heavy atom. The quantitative estimate of drug-likeness (QED) is 0.279. The molecular weight excluding hydrogens is 496 g/mol. The first-order valence-corrected chi connectivity index (χ1v) is 13.0. The minimum atomic E-state index is -0.678. The highest BCUT2D eigenvalue weighted by molar-refractivity contribution is 6.00. The van der Waals surface area contributed by atoms with Crippen LogP contribution in [0.5, 0.6) is 11.5 Å². The van der Waals surface area contributed by atoms with Crippen LogP contribution in [-0.2, 0) is 9.53 Å². The van der Waals surface area contributed by atoms with Crippen molar-refractivity contribution in [3.8, 4) is 11.5 Å². The van der Waals surface area contributed by atoms with Gasteiger partial charge in [-0.1, -0.05) is 48.6 Å². The second-order valence-electron chi connectivity index (χ2n) is 9.34. The number of ether oxygens (including phenoxy) is 3. The van der Waals surface area contributed by atoms with Crippen LogP contribution in [0.3, 0.4) is 0 Å². The van der Waals surface area contributed by atoms with E-state index in [1.54, 1.807) is 73.7 Å². The van der Waals surface area contributed by atoms with Crippen molar-refractivity contribution in [1.82, 2.24) is 0 Å². The third-order valence-electron chi connectivity index (χ3n) is 6.24. The van der Waals surface area contributed by atoms with Crippen molar-refractivity contribution >= 4 is 29.8 Å². The lowest BCUT2D eigenvalue weighted by Crippen LogP contribution is -2.19. The topological polar surface area (TPSA) is 96.0 Å². The maximum Gasteiger partial charge on any atom is 0.343 e. The number of Topliss-reactive ketones (excluding diaryl/α,β-unsaturated/α-hetero) is 1. The molecule has 3 aromatic carbocycles. The van der Waals surface area contributed by atoms with Crippen molar-refractivity contribution in [3.63, 3.8) is 0 Å². The zero-order chi connectivity index (χ0) is 27.6. The molecule has 7 heteroatoms. The molecule has 0 radical (unpaired) electrons. The van der Waals surface area contributed by atoms with Crippen molar-refractivity contribution in [2.45, 2.75) is 51.6 Å². The molecule has 1 heterocycles. The lowest BCUT2D eigenvalue weighted by molar-refractivity contribution is -0.119. The fourth-order valence-corrected chi connectivity index (χ4v) is 4.21. The van der Waals surface area contributed by atoms with E-state index in [-0.39, 0.29) is 22.8 Å². The van der Waals surface area contributed by atoms with Gasteiger partial charge in [0.25, 0.3) is 0 Å². The predicted molar refractivity (Wildman–Crippen MR) is 146 cm³/mol. The first kappa shape index (κ1) is 27.5. The van der Waals surface area contributed by atoms with Gasteiger partial charge in [-0.15, -0.1) is 0 Å². The highest BCUT2D eigenvalue weighted by Crippen LogP contribution is 2.33. The normalized spacial score (nSPS) is 16.4. The Kier molecular flexibility index (Phi) is 9.40. The summed E-state index contributed by atoms with van der Waals surface area (Å²) in [6, 6.07) is 19.7. The Bertz CT molecular complexity index is 1360. The molecule has 1 atom stereocenters. The van der Waals surface area contributed by atoms with Crippen molar-refractivity contribution < 1.29 is 33.4 Å². The highest BCUT2D eigenvalue weighted by Gasteiger charge is 2.25. The van der Waals surface area contributed by atoms with Gasteiger partial charge in [-0.05, 0) is 68.5 Å². The lowest BCUT2D eigenvalue weighted by Gasteiger charge is -2.18. The van der Waals surface area contributed by atoms with Gasteiger partial charge in [-0.3, -0.25) is 4.79 Å². The summed E-state index contributed by atoms with van der Waals surface area (Å²) in [6.45, 7) is 1.76. The average molecular weight is 527 g/mol. The van der Waals surface area contributed by atoms with Crippen LogP contribution < -0.4 is 9.47 Å². The van der Waals surface area contributed by atoms with Gasteiger partial charge in [-0.2, -0.15) is 0 Å². The summed E-state index contributed by atoms with van der Waals surface area (Å²) in [5, 5.41) is 0. The third kappa shape index (κ3) is 7.74. The molecule has 3 aromatic rings. The number of allylic oxidation sites excluding steroid dienone is 1. The Labute approximate surface area is 227 Å². The maximum atomic E-state index is 13.4. The van der Waals surface area contributed by atoms with Crippen molar-refractivity contribution in [3.05, 3.63) is 101 Å². The molecule has 0 aliphatic carbocycles. The number of carbonyl (C=O) groups excluding carboxylic acids is 4. The Hall–Kier alpha value is -4.52. The van der Waals surface area contributed by atoms with Crippen LogP contribution in [0.25, 0.3) is 6.08 Å². The molecule has 0 fully saturated rings. The van der Waals surface area contributed by atoms with Crippen LogP contribution >= 0.6 is 0 Å². The molecule has 1 aliphatic heterocycles. The molecule has 200 valence electrons. The fraction of sp³-hybridized carbons (Fsp3) is 0.250. The molecule has 4 rings (SSSR count). The number of cyclic esters (lactones) is 1. The van der Waals surface area contributed by atoms with Gasteiger partial charge in [0.2, 0.25) is 0 Å². The van der Waals surface area contributed by atoms with E-state index in [1.807, 2.05) is 6.08 Å². The second-order valence-corrected chi connectivity index (χ2v) is 9.34. The van der Waals surface area contributed by atoms with Gasteiger partial charge in [-0.25, -0.2) is 14.4 Å². The number of carbonyl (C=O) groups is 4. The summed E-state index contributed by atoms with van der Waals surface area (Å²) < 4.78 is 17.0. The minimum Gasteiger partial charge on any atom is -0.459 e. The summed E-state index contributed by atoms with van der Waals surface area (Å²) in [6.07, 6.45) is 6.38. The van der Waals surface area contributed by atoms with Crippen LogP contribution in [0.15, 0.2) is 78.9 Å². The van der Waals surface area contributed by atoms with Crippen molar-refractivity contribution in [1.29, 1.82) is 0 Å². The van der Waals surface area contributed by atoms with E-state index >= 15 is 0 Å².